The van der Waals surface area contributed by atoms with E-state index in [2.05, 4.69) is 0 Å². The summed E-state index contributed by atoms with van der Waals surface area (Å²) in [6, 6.07) is 15.8. The minimum atomic E-state index is -0.530. The molecule has 0 radical (unpaired) electrons. The molecule has 0 spiro atoms. The SMILES string of the molecule is CC1(C)OB(c2ccc(/C=C/c3ccccc3)cc2C=O)OC1(C)C. The molecule has 128 valence electrons. The Bertz CT molecular complexity index is 778. The zero-order chi connectivity index (χ0) is 18.1. The molecule has 0 N–H and O–H groups in total. The second kappa shape index (κ2) is 6.62. The van der Waals surface area contributed by atoms with Crippen molar-refractivity contribution in [2.24, 2.45) is 0 Å². The van der Waals surface area contributed by atoms with Crippen molar-refractivity contribution in [3.63, 3.8) is 0 Å². The van der Waals surface area contributed by atoms with Crippen LogP contribution in [-0.2, 0) is 9.31 Å². The Kier molecular flexibility index (Phi) is 4.68. The molecule has 0 amide bonds. The summed E-state index contributed by atoms with van der Waals surface area (Å²) in [5, 5.41) is 0. The summed E-state index contributed by atoms with van der Waals surface area (Å²) >= 11 is 0. The molecule has 1 heterocycles. The number of rotatable bonds is 4. The van der Waals surface area contributed by atoms with E-state index in [0.717, 1.165) is 22.9 Å². The molecule has 3 nitrogen and oxygen atoms in total. The van der Waals surface area contributed by atoms with Crippen molar-refractivity contribution in [1.82, 2.24) is 0 Å². The first-order valence-electron chi connectivity index (χ1n) is 8.50. The van der Waals surface area contributed by atoms with Crippen LogP contribution >= 0.6 is 0 Å². The van der Waals surface area contributed by atoms with Gasteiger partial charge in [-0.15, -0.1) is 0 Å². The number of hydrogen-bond donors (Lipinski definition) is 0. The zero-order valence-corrected chi connectivity index (χ0v) is 15.2. The van der Waals surface area contributed by atoms with E-state index < -0.39 is 18.3 Å². The van der Waals surface area contributed by atoms with Crippen LogP contribution in [0.4, 0.5) is 0 Å². The van der Waals surface area contributed by atoms with Gasteiger partial charge in [0.2, 0.25) is 0 Å². The highest BCUT2D eigenvalue weighted by Gasteiger charge is 2.52. The van der Waals surface area contributed by atoms with E-state index in [4.69, 9.17) is 9.31 Å². The summed E-state index contributed by atoms with van der Waals surface area (Å²) < 4.78 is 12.1. The molecule has 4 heteroatoms. The van der Waals surface area contributed by atoms with E-state index >= 15 is 0 Å². The lowest BCUT2D eigenvalue weighted by molar-refractivity contribution is 0.00578. The lowest BCUT2D eigenvalue weighted by Gasteiger charge is -2.32. The quantitative estimate of drug-likeness (QED) is 0.482. The maximum atomic E-state index is 11.6. The molecule has 0 aromatic heterocycles. The van der Waals surface area contributed by atoms with Crippen LogP contribution in [-0.4, -0.2) is 24.6 Å². The van der Waals surface area contributed by atoms with Crippen molar-refractivity contribution in [2.75, 3.05) is 0 Å². The molecule has 3 rings (SSSR count). The Balaban J connectivity index is 1.86. The molecule has 25 heavy (non-hydrogen) atoms. The lowest BCUT2D eigenvalue weighted by Crippen LogP contribution is -2.41. The van der Waals surface area contributed by atoms with Gasteiger partial charge in [-0.1, -0.05) is 54.6 Å². The van der Waals surface area contributed by atoms with Gasteiger partial charge < -0.3 is 9.31 Å². The van der Waals surface area contributed by atoms with Gasteiger partial charge in [0, 0.05) is 5.56 Å². The summed E-state index contributed by atoms with van der Waals surface area (Å²) in [6.45, 7) is 8.02. The average Bonchev–Trinajstić information content (AvgIpc) is 2.81. The second-order valence-corrected chi connectivity index (χ2v) is 7.34. The summed E-state index contributed by atoms with van der Waals surface area (Å²) in [5.74, 6) is 0. The molecule has 0 bridgehead atoms. The summed E-state index contributed by atoms with van der Waals surface area (Å²) in [6.07, 6.45) is 4.88. The molecule has 1 saturated heterocycles. The fourth-order valence-electron chi connectivity index (χ4n) is 2.74. The highest BCUT2D eigenvalue weighted by Crippen LogP contribution is 2.36. The van der Waals surface area contributed by atoms with Crippen molar-refractivity contribution in [1.29, 1.82) is 0 Å². The molecule has 0 aliphatic carbocycles. The molecule has 2 aromatic carbocycles. The summed E-state index contributed by atoms with van der Waals surface area (Å²) in [5.41, 5.74) is 2.59. The lowest BCUT2D eigenvalue weighted by atomic mass is 9.75. The van der Waals surface area contributed by atoms with Gasteiger partial charge in [0.25, 0.3) is 0 Å². The van der Waals surface area contributed by atoms with Crippen LogP contribution in [0.15, 0.2) is 48.5 Å². The van der Waals surface area contributed by atoms with E-state index in [9.17, 15) is 4.79 Å². The maximum Gasteiger partial charge on any atom is 0.495 e. The van der Waals surface area contributed by atoms with Crippen molar-refractivity contribution >= 4 is 31.0 Å². The highest BCUT2D eigenvalue weighted by molar-refractivity contribution is 6.63. The summed E-state index contributed by atoms with van der Waals surface area (Å²) in [4.78, 5) is 11.6. The second-order valence-electron chi connectivity index (χ2n) is 7.34. The Labute approximate surface area is 149 Å². The predicted molar refractivity (Wildman–Crippen MR) is 103 cm³/mol. The third-order valence-electron chi connectivity index (χ3n) is 5.01. The largest absolute Gasteiger partial charge is 0.495 e. The smallest absolute Gasteiger partial charge is 0.399 e. The molecule has 2 aromatic rings. The van der Waals surface area contributed by atoms with Crippen molar-refractivity contribution in [3.05, 3.63) is 65.2 Å². The Morgan fingerprint density at radius 3 is 2.04 bits per heavy atom. The van der Waals surface area contributed by atoms with E-state index in [1.807, 2.05) is 88.4 Å². The van der Waals surface area contributed by atoms with E-state index in [-0.39, 0.29) is 0 Å². The van der Waals surface area contributed by atoms with E-state index in [1.165, 1.54) is 0 Å². The minimum absolute atomic E-state index is 0.427. The predicted octanol–water partition coefficient (Wildman–Crippen LogP) is 3.97. The molecule has 1 fully saturated rings. The minimum Gasteiger partial charge on any atom is -0.399 e. The average molecular weight is 334 g/mol. The van der Waals surface area contributed by atoms with Crippen molar-refractivity contribution in [3.8, 4) is 0 Å². The molecule has 0 saturated carbocycles. The molecule has 1 aliphatic heterocycles. The Morgan fingerprint density at radius 2 is 1.44 bits per heavy atom. The van der Waals surface area contributed by atoms with Gasteiger partial charge >= 0.3 is 7.12 Å². The van der Waals surface area contributed by atoms with Gasteiger partial charge in [-0.3, -0.25) is 4.79 Å². The third kappa shape index (κ3) is 3.60. The Hall–Kier alpha value is -2.17. The fourth-order valence-corrected chi connectivity index (χ4v) is 2.74. The number of carbonyl (C=O) groups excluding carboxylic acids is 1. The maximum absolute atomic E-state index is 11.6. The van der Waals surface area contributed by atoms with Crippen LogP contribution in [0, 0.1) is 0 Å². The molecular formula is C21H23BO3. The third-order valence-corrected chi connectivity index (χ3v) is 5.01. The van der Waals surface area contributed by atoms with Crippen LogP contribution < -0.4 is 5.46 Å². The first-order valence-corrected chi connectivity index (χ1v) is 8.50. The number of hydrogen-bond acceptors (Lipinski definition) is 3. The van der Waals surface area contributed by atoms with Crippen LogP contribution in [0.5, 0.6) is 0 Å². The first kappa shape index (κ1) is 17.7. The van der Waals surface area contributed by atoms with Gasteiger partial charge in [0.05, 0.1) is 11.2 Å². The normalized spacial score (nSPS) is 18.6. The van der Waals surface area contributed by atoms with Crippen LogP contribution in [0.2, 0.25) is 0 Å². The molecule has 0 unspecified atom stereocenters. The van der Waals surface area contributed by atoms with Gasteiger partial charge in [0.1, 0.15) is 6.29 Å². The van der Waals surface area contributed by atoms with Crippen molar-refractivity contribution < 1.29 is 14.1 Å². The van der Waals surface area contributed by atoms with Crippen molar-refractivity contribution in [2.45, 2.75) is 38.9 Å². The monoisotopic (exact) mass is 334 g/mol. The van der Waals surface area contributed by atoms with Crippen LogP contribution in [0.25, 0.3) is 12.2 Å². The number of benzene rings is 2. The Morgan fingerprint density at radius 1 is 0.840 bits per heavy atom. The van der Waals surface area contributed by atoms with Gasteiger partial charge in [-0.25, -0.2) is 0 Å². The van der Waals surface area contributed by atoms with Crippen LogP contribution in [0.3, 0.4) is 0 Å². The standard InChI is InChI=1S/C21H23BO3/c1-20(2)21(3,4)25-22(24-20)19-13-12-17(14-18(19)15-23)11-10-16-8-6-5-7-9-16/h5-15H,1-4H3/b11-10+. The fraction of sp³-hybridized carbons (Fsp3) is 0.286. The first-order chi connectivity index (χ1) is 11.8. The number of aldehydes is 1. The summed E-state index contributed by atoms with van der Waals surface area (Å²) in [7, 11) is -0.530. The van der Waals surface area contributed by atoms with Gasteiger partial charge in [-0.2, -0.15) is 0 Å². The molecular weight excluding hydrogens is 311 g/mol. The van der Waals surface area contributed by atoms with E-state index in [0.29, 0.717) is 5.56 Å². The number of carbonyl (C=O) groups is 1. The molecule has 0 atom stereocenters. The zero-order valence-electron chi connectivity index (χ0n) is 15.2. The molecule has 1 aliphatic rings. The van der Waals surface area contributed by atoms with Gasteiger partial charge in [-0.05, 0) is 50.4 Å². The van der Waals surface area contributed by atoms with E-state index in [1.54, 1.807) is 0 Å². The van der Waals surface area contributed by atoms with Crippen LogP contribution in [0.1, 0.15) is 49.2 Å². The topological polar surface area (TPSA) is 35.5 Å². The van der Waals surface area contributed by atoms with Gasteiger partial charge in [0.15, 0.2) is 0 Å². The highest BCUT2D eigenvalue weighted by atomic mass is 16.7.